The number of nitrogens with zero attached hydrogens (tertiary/aromatic N) is 1. The molecule has 1 spiro atoms. The van der Waals surface area contributed by atoms with Gasteiger partial charge in [-0.2, -0.15) is 0 Å². The summed E-state index contributed by atoms with van der Waals surface area (Å²) in [6.07, 6.45) is 3.26. The van der Waals surface area contributed by atoms with E-state index in [-0.39, 0.29) is 35.8 Å². The molecule has 0 aromatic heterocycles. The number of aryl methyl sites for hydroxylation is 1. The summed E-state index contributed by atoms with van der Waals surface area (Å²) in [6.45, 7) is 4.19. The molecular formula is C18H22F3NO2. The number of carbonyl (C=O) groups excluding carboxylic acids is 1. The van der Waals surface area contributed by atoms with Crippen LogP contribution in [0.5, 0.6) is 0 Å². The first-order valence-electron chi connectivity index (χ1n) is 8.42. The van der Waals surface area contributed by atoms with E-state index in [1.54, 1.807) is 0 Å². The van der Waals surface area contributed by atoms with Gasteiger partial charge in [0.2, 0.25) is 5.91 Å². The molecular weight excluding hydrogens is 319 g/mol. The summed E-state index contributed by atoms with van der Waals surface area (Å²) in [5.74, 6) is -3.94. The van der Waals surface area contributed by atoms with E-state index < -0.39 is 17.5 Å². The van der Waals surface area contributed by atoms with Gasteiger partial charge in [-0.05, 0) is 49.7 Å². The highest BCUT2D eigenvalue weighted by Gasteiger charge is 2.42. The van der Waals surface area contributed by atoms with Crippen molar-refractivity contribution in [3.8, 4) is 0 Å². The summed E-state index contributed by atoms with van der Waals surface area (Å²) in [5, 5.41) is 0. The number of halogens is 3. The summed E-state index contributed by atoms with van der Waals surface area (Å²) >= 11 is 0. The quantitative estimate of drug-likeness (QED) is 0.788. The number of amides is 1. The second-order valence-electron chi connectivity index (χ2n) is 7.04. The molecule has 2 atom stereocenters. The molecule has 3 rings (SSSR count). The van der Waals surface area contributed by atoms with Crippen LogP contribution in [0.2, 0.25) is 0 Å². The molecule has 1 amide bonds. The minimum absolute atomic E-state index is 0.0378. The molecule has 0 aliphatic carbocycles. The fraction of sp³-hybridized carbons (Fsp3) is 0.611. The summed E-state index contributed by atoms with van der Waals surface area (Å²) in [5.41, 5.74) is 0.177. The van der Waals surface area contributed by atoms with Crippen LogP contribution >= 0.6 is 0 Å². The van der Waals surface area contributed by atoms with Gasteiger partial charge >= 0.3 is 0 Å². The Bertz CT molecular complexity index is 637. The minimum atomic E-state index is -1.48. The van der Waals surface area contributed by atoms with Crippen LogP contribution in [-0.2, 0) is 16.0 Å². The van der Waals surface area contributed by atoms with Gasteiger partial charge in [0, 0.05) is 26.1 Å². The average Bonchev–Trinajstić information content (AvgIpc) is 2.95. The van der Waals surface area contributed by atoms with E-state index in [0.29, 0.717) is 13.1 Å². The number of benzene rings is 1. The van der Waals surface area contributed by atoms with Gasteiger partial charge in [0.05, 0.1) is 6.10 Å². The lowest BCUT2D eigenvalue weighted by Crippen LogP contribution is -2.38. The normalized spacial score (nSPS) is 27.0. The summed E-state index contributed by atoms with van der Waals surface area (Å²) in [4.78, 5) is 14.2. The molecule has 1 aromatic rings. The summed E-state index contributed by atoms with van der Waals surface area (Å²) < 4.78 is 45.4. The first kappa shape index (κ1) is 17.3. The molecule has 0 radical (unpaired) electrons. The van der Waals surface area contributed by atoms with E-state index in [0.717, 1.165) is 31.9 Å². The van der Waals surface area contributed by atoms with Gasteiger partial charge < -0.3 is 9.64 Å². The van der Waals surface area contributed by atoms with Crippen molar-refractivity contribution in [3.63, 3.8) is 0 Å². The van der Waals surface area contributed by atoms with E-state index in [4.69, 9.17) is 4.74 Å². The summed E-state index contributed by atoms with van der Waals surface area (Å²) in [7, 11) is 0. The minimum Gasteiger partial charge on any atom is -0.378 e. The molecule has 6 heteroatoms. The third-order valence-corrected chi connectivity index (χ3v) is 5.27. The van der Waals surface area contributed by atoms with Crippen LogP contribution in [0.15, 0.2) is 12.1 Å². The Balaban J connectivity index is 1.58. The number of hydrogen-bond donors (Lipinski definition) is 0. The van der Waals surface area contributed by atoms with E-state index in [1.807, 2.05) is 4.90 Å². The monoisotopic (exact) mass is 341 g/mol. The van der Waals surface area contributed by atoms with Gasteiger partial charge in [-0.3, -0.25) is 4.79 Å². The number of likely N-dealkylation sites (tertiary alicyclic amines) is 1. The second-order valence-corrected chi connectivity index (χ2v) is 7.04. The fourth-order valence-corrected chi connectivity index (χ4v) is 3.92. The van der Waals surface area contributed by atoms with Gasteiger partial charge in [0.1, 0.15) is 0 Å². The zero-order valence-corrected chi connectivity index (χ0v) is 13.8. The molecule has 2 saturated heterocycles. The Hall–Kier alpha value is -1.56. The van der Waals surface area contributed by atoms with Crippen molar-refractivity contribution in [2.45, 2.75) is 45.1 Å². The lowest BCUT2D eigenvalue weighted by Gasteiger charge is -2.36. The Kier molecular flexibility index (Phi) is 4.85. The van der Waals surface area contributed by atoms with Gasteiger partial charge in [0.15, 0.2) is 17.5 Å². The lowest BCUT2D eigenvalue weighted by molar-refractivity contribution is -0.131. The molecule has 2 aliphatic rings. The van der Waals surface area contributed by atoms with Crippen molar-refractivity contribution >= 4 is 5.91 Å². The maximum absolute atomic E-state index is 13.7. The van der Waals surface area contributed by atoms with E-state index in [9.17, 15) is 18.0 Å². The predicted molar refractivity (Wildman–Crippen MR) is 82.9 cm³/mol. The molecule has 24 heavy (non-hydrogen) atoms. The average molecular weight is 341 g/mol. The van der Waals surface area contributed by atoms with Crippen molar-refractivity contribution in [1.29, 1.82) is 0 Å². The number of ether oxygens (including phenoxy) is 1. The van der Waals surface area contributed by atoms with Crippen LogP contribution in [0.4, 0.5) is 13.2 Å². The molecule has 0 N–H and O–H groups in total. The molecule has 1 aromatic carbocycles. The molecule has 2 heterocycles. The van der Waals surface area contributed by atoms with E-state index in [1.165, 1.54) is 6.07 Å². The van der Waals surface area contributed by atoms with Crippen molar-refractivity contribution < 1.29 is 22.7 Å². The maximum Gasteiger partial charge on any atom is 0.222 e. The highest BCUT2D eigenvalue weighted by Crippen LogP contribution is 2.41. The van der Waals surface area contributed by atoms with Gasteiger partial charge in [-0.25, -0.2) is 13.2 Å². The first-order valence-corrected chi connectivity index (χ1v) is 8.42. The summed E-state index contributed by atoms with van der Waals surface area (Å²) in [6, 6.07) is 2.10. The van der Waals surface area contributed by atoms with Gasteiger partial charge in [-0.15, -0.1) is 0 Å². The van der Waals surface area contributed by atoms with Crippen molar-refractivity contribution in [2.75, 3.05) is 19.7 Å². The molecule has 2 unspecified atom stereocenters. The topological polar surface area (TPSA) is 29.5 Å². The maximum atomic E-state index is 13.7. The van der Waals surface area contributed by atoms with Gasteiger partial charge in [-0.1, -0.05) is 6.07 Å². The highest BCUT2D eigenvalue weighted by atomic mass is 19.2. The fourth-order valence-electron chi connectivity index (χ4n) is 3.92. The Morgan fingerprint density at radius 3 is 2.83 bits per heavy atom. The van der Waals surface area contributed by atoms with Crippen LogP contribution in [0.1, 0.15) is 38.2 Å². The number of hydrogen-bond acceptors (Lipinski definition) is 2. The SMILES string of the molecule is CC1CC2(CCO1)CCN(C(=O)CCc1ccc(F)c(F)c1F)C2. The zero-order valence-electron chi connectivity index (χ0n) is 13.8. The standard InChI is InChI=1S/C18H22F3NO2/c1-12-10-18(7-9-24-12)6-8-22(11-18)15(23)5-3-13-2-4-14(19)17(21)16(13)20/h2,4,12H,3,5-11H2,1H3. The zero-order chi connectivity index (χ0) is 17.3. The second kappa shape index (κ2) is 6.75. The first-order chi connectivity index (χ1) is 11.4. The lowest BCUT2D eigenvalue weighted by atomic mass is 9.77. The largest absolute Gasteiger partial charge is 0.378 e. The van der Waals surface area contributed by atoms with Crippen molar-refractivity contribution in [2.24, 2.45) is 5.41 Å². The van der Waals surface area contributed by atoms with Gasteiger partial charge in [0.25, 0.3) is 0 Å². The van der Waals surface area contributed by atoms with Crippen molar-refractivity contribution in [3.05, 3.63) is 35.1 Å². The molecule has 3 nitrogen and oxygen atoms in total. The van der Waals surface area contributed by atoms with E-state index >= 15 is 0 Å². The van der Waals surface area contributed by atoms with Crippen LogP contribution in [0.3, 0.4) is 0 Å². The smallest absolute Gasteiger partial charge is 0.222 e. The van der Waals surface area contributed by atoms with Crippen LogP contribution in [0, 0.1) is 22.9 Å². The third-order valence-electron chi connectivity index (χ3n) is 5.27. The highest BCUT2D eigenvalue weighted by molar-refractivity contribution is 5.76. The van der Waals surface area contributed by atoms with Crippen LogP contribution < -0.4 is 0 Å². The molecule has 2 aliphatic heterocycles. The van der Waals surface area contributed by atoms with Crippen LogP contribution in [0.25, 0.3) is 0 Å². The van der Waals surface area contributed by atoms with Crippen molar-refractivity contribution in [1.82, 2.24) is 4.90 Å². The Morgan fingerprint density at radius 2 is 2.08 bits per heavy atom. The number of carbonyl (C=O) groups is 1. The van der Waals surface area contributed by atoms with Crippen LogP contribution in [-0.4, -0.2) is 36.6 Å². The Morgan fingerprint density at radius 1 is 1.29 bits per heavy atom. The van der Waals surface area contributed by atoms with E-state index in [2.05, 4.69) is 6.92 Å². The predicted octanol–water partition coefficient (Wildman–Crippen LogP) is 3.45. The third kappa shape index (κ3) is 3.43. The molecule has 0 bridgehead atoms. The Labute approximate surface area is 139 Å². The molecule has 2 fully saturated rings. The number of rotatable bonds is 3. The molecule has 132 valence electrons. The molecule has 0 saturated carbocycles.